The minimum atomic E-state index is -0.810. The van der Waals surface area contributed by atoms with Gasteiger partial charge in [-0.25, -0.2) is 4.79 Å². The second-order valence-corrected chi connectivity index (χ2v) is 6.00. The van der Waals surface area contributed by atoms with Crippen LogP contribution in [0.25, 0.3) is 0 Å². The van der Waals surface area contributed by atoms with E-state index >= 15 is 0 Å². The number of hydrogen-bond acceptors (Lipinski definition) is 2. The van der Waals surface area contributed by atoms with E-state index < -0.39 is 5.97 Å². The Kier molecular flexibility index (Phi) is 7.22. The van der Waals surface area contributed by atoms with Crippen LogP contribution in [-0.2, 0) is 4.79 Å². The quantitative estimate of drug-likeness (QED) is 0.699. The van der Waals surface area contributed by atoms with E-state index in [1.54, 1.807) is 0 Å². The Morgan fingerprint density at radius 3 is 2.62 bits per heavy atom. The van der Waals surface area contributed by atoms with E-state index in [4.69, 9.17) is 5.11 Å². The number of aliphatic carboxylic acids is 1. The highest BCUT2D eigenvalue weighted by molar-refractivity contribution is 9.10. The lowest BCUT2D eigenvalue weighted by Crippen LogP contribution is -2.41. The number of rotatable bonds is 7. The number of carboxylic acids is 1. The van der Waals surface area contributed by atoms with Gasteiger partial charge in [-0.15, -0.1) is 0 Å². The van der Waals surface area contributed by atoms with Gasteiger partial charge >= 0.3 is 12.0 Å². The minimum absolute atomic E-state index is 0.0564. The smallest absolute Gasteiger partial charge is 0.315 e. The van der Waals surface area contributed by atoms with E-state index in [2.05, 4.69) is 26.6 Å². The van der Waals surface area contributed by atoms with Crippen LogP contribution in [0.2, 0.25) is 0 Å². The SMILES string of the molecule is CC(CCCC(=O)O)NC(=O)NC(C)c1cccc(Br)c1. The predicted octanol–water partition coefficient (Wildman–Crippen LogP) is 3.45. The van der Waals surface area contributed by atoms with Crippen LogP contribution in [0.3, 0.4) is 0 Å². The normalized spacial score (nSPS) is 13.3. The van der Waals surface area contributed by atoms with E-state index in [0.29, 0.717) is 12.8 Å². The summed E-state index contributed by atoms with van der Waals surface area (Å²) in [4.78, 5) is 22.3. The summed E-state index contributed by atoms with van der Waals surface area (Å²) in [6.07, 6.45) is 1.32. The molecule has 21 heavy (non-hydrogen) atoms. The first kappa shape index (κ1) is 17.5. The first-order chi connectivity index (χ1) is 9.88. The van der Waals surface area contributed by atoms with Gasteiger partial charge in [-0.05, 0) is 44.4 Å². The standard InChI is InChI=1S/C15H21BrN2O3/c1-10(5-3-8-14(19)20)17-15(21)18-11(2)12-6-4-7-13(16)9-12/h4,6-7,9-11H,3,5,8H2,1-2H3,(H,19,20)(H2,17,18,21). The number of carbonyl (C=O) groups excluding carboxylic acids is 1. The number of amides is 2. The molecule has 116 valence electrons. The molecule has 0 fully saturated rings. The molecule has 1 aromatic carbocycles. The molecule has 2 atom stereocenters. The van der Waals surface area contributed by atoms with Crippen LogP contribution in [0.5, 0.6) is 0 Å². The summed E-state index contributed by atoms with van der Waals surface area (Å²) in [5, 5.41) is 14.3. The van der Waals surface area contributed by atoms with Crippen molar-refractivity contribution in [2.45, 2.75) is 45.2 Å². The number of carboxylic acid groups (broad SMARTS) is 1. The van der Waals surface area contributed by atoms with Gasteiger partial charge in [0.05, 0.1) is 6.04 Å². The van der Waals surface area contributed by atoms with Gasteiger partial charge in [-0.2, -0.15) is 0 Å². The third-order valence-corrected chi connectivity index (χ3v) is 3.59. The van der Waals surface area contributed by atoms with E-state index in [-0.39, 0.29) is 24.5 Å². The molecule has 2 amide bonds. The maximum atomic E-state index is 11.9. The zero-order valence-corrected chi connectivity index (χ0v) is 13.8. The van der Waals surface area contributed by atoms with Crippen LogP contribution in [-0.4, -0.2) is 23.1 Å². The lowest BCUT2D eigenvalue weighted by Gasteiger charge is -2.18. The molecule has 3 N–H and O–H groups in total. The van der Waals surface area contributed by atoms with E-state index in [1.165, 1.54) is 0 Å². The fourth-order valence-electron chi connectivity index (χ4n) is 1.95. The van der Waals surface area contributed by atoms with Gasteiger partial charge in [-0.3, -0.25) is 4.79 Å². The fraction of sp³-hybridized carbons (Fsp3) is 0.467. The number of halogens is 1. The summed E-state index contributed by atoms with van der Waals surface area (Å²) >= 11 is 3.40. The Hall–Kier alpha value is -1.56. The Balaban J connectivity index is 2.37. The lowest BCUT2D eigenvalue weighted by molar-refractivity contribution is -0.137. The molecular weight excluding hydrogens is 336 g/mol. The Morgan fingerprint density at radius 2 is 2.00 bits per heavy atom. The second kappa shape index (κ2) is 8.67. The molecule has 0 aliphatic heterocycles. The maximum Gasteiger partial charge on any atom is 0.315 e. The molecule has 2 unspecified atom stereocenters. The third-order valence-electron chi connectivity index (χ3n) is 3.10. The molecule has 0 aliphatic rings. The van der Waals surface area contributed by atoms with E-state index in [9.17, 15) is 9.59 Å². The molecule has 0 spiro atoms. The average molecular weight is 357 g/mol. The van der Waals surface area contributed by atoms with Gasteiger partial charge < -0.3 is 15.7 Å². The number of benzene rings is 1. The minimum Gasteiger partial charge on any atom is -0.481 e. The van der Waals surface area contributed by atoms with Crippen LogP contribution in [0.4, 0.5) is 4.79 Å². The van der Waals surface area contributed by atoms with E-state index in [1.807, 2.05) is 38.1 Å². The van der Waals surface area contributed by atoms with Crippen molar-refractivity contribution in [2.75, 3.05) is 0 Å². The summed E-state index contributed by atoms with van der Waals surface area (Å²) in [5.74, 6) is -0.810. The summed E-state index contributed by atoms with van der Waals surface area (Å²) < 4.78 is 0.969. The van der Waals surface area contributed by atoms with Gasteiger partial charge in [0.2, 0.25) is 0 Å². The van der Waals surface area contributed by atoms with Crippen LogP contribution < -0.4 is 10.6 Å². The molecule has 6 heteroatoms. The van der Waals surface area contributed by atoms with Gasteiger partial charge in [0.25, 0.3) is 0 Å². The van der Waals surface area contributed by atoms with Crippen molar-refractivity contribution in [3.63, 3.8) is 0 Å². The molecule has 0 saturated carbocycles. The summed E-state index contributed by atoms with van der Waals surface area (Å²) in [6, 6.07) is 7.36. The van der Waals surface area contributed by atoms with Crippen molar-refractivity contribution < 1.29 is 14.7 Å². The van der Waals surface area contributed by atoms with Gasteiger partial charge in [0.1, 0.15) is 0 Å². The number of nitrogens with one attached hydrogen (secondary N) is 2. The third kappa shape index (κ3) is 7.13. The number of hydrogen-bond donors (Lipinski definition) is 3. The molecule has 0 saturated heterocycles. The van der Waals surface area contributed by atoms with Crippen LogP contribution >= 0.6 is 15.9 Å². The zero-order valence-electron chi connectivity index (χ0n) is 12.2. The molecule has 0 aliphatic carbocycles. The molecule has 5 nitrogen and oxygen atoms in total. The molecule has 0 aromatic heterocycles. The number of carbonyl (C=O) groups is 2. The number of urea groups is 1. The average Bonchev–Trinajstić information content (AvgIpc) is 2.37. The highest BCUT2D eigenvalue weighted by Gasteiger charge is 2.12. The second-order valence-electron chi connectivity index (χ2n) is 5.08. The maximum absolute atomic E-state index is 11.9. The van der Waals surface area contributed by atoms with Crippen LogP contribution in [0.15, 0.2) is 28.7 Å². The molecule has 0 bridgehead atoms. The van der Waals surface area contributed by atoms with Crippen molar-refractivity contribution in [1.82, 2.24) is 10.6 Å². The Bertz CT molecular complexity index is 494. The van der Waals surface area contributed by atoms with Gasteiger partial charge in [0.15, 0.2) is 0 Å². The lowest BCUT2D eigenvalue weighted by atomic mass is 10.1. The van der Waals surface area contributed by atoms with Gasteiger partial charge in [0, 0.05) is 16.9 Å². The van der Waals surface area contributed by atoms with Crippen molar-refractivity contribution in [3.8, 4) is 0 Å². The first-order valence-corrected chi connectivity index (χ1v) is 7.72. The molecule has 0 heterocycles. The van der Waals surface area contributed by atoms with Crippen molar-refractivity contribution in [2.24, 2.45) is 0 Å². The molecular formula is C15H21BrN2O3. The highest BCUT2D eigenvalue weighted by Crippen LogP contribution is 2.17. The first-order valence-electron chi connectivity index (χ1n) is 6.92. The van der Waals surface area contributed by atoms with Crippen molar-refractivity contribution in [1.29, 1.82) is 0 Å². The predicted molar refractivity (Wildman–Crippen MR) is 85.2 cm³/mol. The highest BCUT2D eigenvalue weighted by atomic mass is 79.9. The zero-order chi connectivity index (χ0) is 15.8. The molecule has 0 radical (unpaired) electrons. The summed E-state index contributed by atoms with van der Waals surface area (Å²) in [7, 11) is 0. The van der Waals surface area contributed by atoms with Crippen LogP contribution in [0.1, 0.15) is 44.7 Å². The summed E-state index contributed by atoms with van der Waals surface area (Å²) in [5.41, 5.74) is 1.01. The topological polar surface area (TPSA) is 78.4 Å². The van der Waals surface area contributed by atoms with Crippen molar-refractivity contribution in [3.05, 3.63) is 34.3 Å². The monoisotopic (exact) mass is 356 g/mol. The van der Waals surface area contributed by atoms with E-state index in [0.717, 1.165) is 10.0 Å². The Labute approximate surface area is 133 Å². The molecule has 1 aromatic rings. The Morgan fingerprint density at radius 1 is 1.29 bits per heavy atom. The molecule has 1 rings (SSSR count). The largest absolute Gasteiger partial charge is 0.481 e. The fourth-order valence-corrected chi connectivity index (χ4v) is 2.37. The summed E-state index contributed by atoms with van der Waals surface area (Å²) in [6.45, 7) is 3.78. The van der Waals surface area contributed by atoms with Crippen molar-refractivity contribution >= 4 is 27.9 Å². The van der Waals surface area contributed by atoms with Gasteiger partial charge in [-0.1, -0.05) is 28.1 Å². The van der Waals surface area contributed by atoms with Crippen LogP contribution in [0, 0.1) is 0 Å².